The fourth-order valence-corrected chi connectivity index (χ4v) is 2.62. The zero-order chi connectivity index (χ0) is 8.65. The molecule has 0 bridgehead atoms. The number of nitrogens with zero attached hydrogens (tertiary/aromatic N) is 1. The summed E-state index contributed by atoms with van der Waals surface area (Å²) in [4.78, 5) is 2.60. The molecule has 0 N–H and O–H groups in total. The van der Waals surface area contributed by atoms with Crippen molar-refractivity contribution in [2.45, 2.75) is 19.3 Å². The van der Waals surface area contributed by atoms with Gasteiger partial charge in [-0.05, 0) is 43.9 Å². The number of unbranched alkanes of at least 4 members (excludes halogenated alkanes) is 1. The zero-order valence-corrected chi connectivity index (χ0v) is 9.38. The lowest BCUT2D eigenvalue weighted by molar-refractivity contribution is 0.291. The second kappa shape index (κ2) is 7.10. The fourth-order valence-electron chi connectivity index (χ4n) is 1.47. The van der Waals surface area contributed by atoms with Gasteiger partial charge in [-0.15, -0.1) is 0 Å². The van der Waals surface area contributed by atoms with Crippen molar-refractivity contribution in [1.29, 1.82) is 0 Å². The first-order chi connectivity index (χ1) is 5.93. The van der Waals surface area contributed by atoms with E-state index in [2.05, 4.69) is 29.3 Å². The van der Waals surface area contributed by atoms with E-state index in [4.69, 9.17) is 0 Å². The van der Waals surface area contributed by atoms with E-state index >= 15 is 0 Å². The molecule has 0 radical (unpaired) electrons. The second-order valence-corrected chi connectivity index (χ2v) is 4.91. The summed E-state index contributed by atoms with van der Waals surface area (Å²) in [6.07, 6.45) is 3.98. The third-order valence-corrected chi connectivity index (χ3v) is 3.56. The molecular formula is C9H19NS2. The van der Waals surface area contributed by atoms with Gasteiger partial charge < -0.3 is 4.90 Å². The molecule has 0 amide bonds. The monoisotopic (exact) mass is 205 g/mol. The normalized spacial score (nSPS) is 20.8. The Morgan fingerprint density at radius 2 is 2.08 bits per heavy atom. The van der Waals surface area contributed by atoms with E-state index in [0.29, 0.717) is 0 Å². The van der Waals surface area contributed by atoms with Crippen LogP contribution in [0.2, 0.25) is 0 Å². The van der Waals surface area contributed by atoms with Gasteiger partial charge in [-0.1, -0.05) is 0 Å². The maximum atomic E-state index is 4.22. The van der Waals surface area contributed by atoms with Gasteiger partial charge in [-0.2, -0.15) is 24.4 Å². The Morgan fingerprint density at radius 3 is 2.92 bits per heavy atom. The Kier molecular flexibility index (Phi) is 6.35. The smallest absolute Gasteiger partial charge is 0.00723 e. The molecule has 12 heavy (non-hydrogen) atoms. The van der Waals surface area contributed by atoms with Gasteiger partial charge in [0.05, 0.1) is 0 Å². The van der Waals surface area contributed by atoms with E-state index in [1.54, 1.807) is 0 Å². The van der Waals surface area contributed by atoms with Gasteiger partial charge in [0.15, 0.2) is 0 Å². The molecule has 1 aliphatic rings. The SMILES string of the molecule is SCCCCN1CCCSCC1. The average molecular weight is 205 g/mol. The highest BCUT2D eigenvalue weighted by atomic mass is 32.2. The summed E-state index contributed by atoms with van der Waals surface area (Å²) in [6, 6.07) is 0. The summed E-state index contributed by atoms with van der Waals surface area (Å²) in [5.74, 6) is 3.74. The minimum atomic E-state index is 1.04. The molecule has 0 atom stereocenters. The van der Waals surface area contributed by atoms with Crippen LogP contribution >= 0.6 is 24.4 Å². The van der Waals surface area contributed by atoms with Crippen molar-refractivity contribution in [3.63, 3.8) is 0 Å². The van der Waals surface area contributed by atoms with Crippen LogP contribution in [0, 0.1) is 0 Å². The van der Waals surface area contributed by atoms with Gasteiger partial charge in [0, 0.05) is 12.3 Å². The van der Waals surface area contributed by atoms with Crippen molar-refractivity contribution in [1.82, 2.24) is 4.90 Å². The minimum absolute atomic E-state index is 1.04. The zero-order valence-electron chi connectivity index (χ0n) is 7.67. The summed E-state index contributed by atoms with van der Waals surface area (Å²) in [6.45, 7) is 3.91. The van der Waals surface area contributed by atoms with Gasteiger partial charge in [0.1, 0.15) is 0 Å². The van der Waals surface area contributed by atoms with Crippen molar-refractivity contribution < 1.29 is 0 Å². The Hall–Kier alpha value is 0.660. The third-order valence-electron chi connectivity index (χ3n) is 2.20. The van der Waals surface area contributed by atoms with Gasteiger partial charge in [0.25, 0.3) is 0 Å². The summed E-state index contributed by atoms with van der Waals surface area (Å²) in [5.41, 5.74) is 0. The van der Waals surface area contributed by atoms with Crippen LogP contribution in [0.3, 0.4) is 0 Å². The Morgan fingerprint density at radius 1 is 1.17 bits per heavy atom. The van der Waals surface area contributed by atoms with E-state index in [1.807, 2.05) is 0 Å². The average Bonchev–Trinajstić information content (AvgIpc) is 2.33. The number of thiol groups is 1. The summed E-state index contributed by atoms with van der Waals surface area (Å²) in [7, 11) is 0. The lowest BCUT2D eigenvalue weighted by Crippen LogP contribution is -2.27. The third kappa shape index (κ3) is 4.63. The molecule has 1 rings (SSSR count). The van der Waals surface area contributed by atoms with Crippen LogP contribution in [0.1, 0.15) is 19.3 Å². The van der Waals surface area contributed by atoms with Crippen molar-refractivity contribution in [2.24, 2.45) is 0 Å². The van der Waals surface area contributed by atoms with Crippen molar-refractivity contribution in [3.8, 4) is 0 Å². The molecule has 72 valence electrons. The first kappa shape index (κ1) is 10.7. The number of hydrogen-bond donors (Lipinski definition) is 1. The molecule has 3 heteroatoms. The van der Waals surface area contributed by atoms with Crippen LogP contribution in [0.15, 0.2) is 0 Å². The predicted octanol–water partition coefficient (Wildman–Crippen LogP) is 2.14. The molecule has 0 unspecified atom stereocenters. The molecule has 0 aromatic carbocycles. The second-order valence-electron chi connectivity index (χ2n) is 3.24. The highest BCUT2D eigenvalue weighted by Crippen LogP contribution is 2.10. The number of thioether (sulfide) groups is 1. The van der Waals surface area contributed by atoms with Crippen molar-refractivity contribution in [2.75, 3.05) is 36.9 Å². The summed E-state index contributed by atoms with van der Waals surface area (Å²) < 4.78 is 0. The van der Waals surface area contributed by atoms with Gasteiger partial charge in [0.2, 0.25) is 0 Å². The first-order valence-electron chi connectivity index (χ1n) is 4.84. The van der Waals surface area contributed by atoms with Crippen LogP contribution in [-0.2, 0) is 0 Å². The summed E-state index contributed by atoms with van der Waals surface area (Å²) in [5, 5.41) is 0. The highest BCUT2D eigenvalue weighted by Gasteiger charge is 2.07. The molecule has 0 spiro atoms. The number of hydrogen-bond acceptors (Lipinski definition) is 3. The van der Waals surface area contributed by atoms with Crippen LogP contribution in [0.5, 0.6) is 0 Å². The number of rotatable bonds is 4. The molecule has 0 aliphatic carbocycles. The van der Waals surface area contributed by atoms with Crippen molar-refractivity contribution >= 4 is 24.4 Å². The Bertz CT molecular complexity index is 101. The van der Waals surface area contributed by atoms with E-state index in [-0.39, 0.29) is 0 Å². The largest absolute Gasteiger partial charge is 0.302 e. The van der Waals surface area contributed by atoms with Crippen molar-refractivity contribution in [3.05, 3.63) is 0 Å². The molecule has 0 aromatic heterocycles. The molecule has 1 aliphatic heterocycles. The van der Waals surface area contributed by atoms with E-state index in [9.17, 15) is 0 Å². The fraction of sp³-hybridized carbons (Fsp3) is 1.00. The maximum absolute atomic E-state index is 4.22. The van der Waals surface area contributed by atoms with Gasteiger partial charge in [-0.3, -0.25) is 0 Å². The Labute approximate surface area is 85.7 Å². The molecule has 1 saturated heterocycles. The van der Waals surface area contributed by atoms with Crippen LogP contribution in [-0.4, -0.2) is 41.8 Å². The van der Waals surface area contributed by atoms with Crippen LogP contribution in [0.4, 0.5) is 0 Å². The maximum Gasteiger partial charge on any atom is 0.00723 e. The standard InChI is InChI=1S/C9H19NS2/c11-7-2-1-4-10-5-3-8-12-9-6-10/h11H,1-9H2. The van der Waals surface area contributed by atoms with E-state index in [0.717, 1.165) is 5.75 Å². The van der Waals surface area contributed by atoms with Crippen LogP contribution in [0.25, 0.3) is 0 Å². The van der Waals surface area contributed by atoms with Crippen LogP contribution < -0.4 is 0 Å². The Balaban J connectivity index is 2.04. The molecule has 1 heterocycles. The topological polar surface area (TPSA) is 3.24 Å². The highest BCUT2D eigenvalue weighted by molar-refractivity contribution is 7.99. The molecule has 1 fully saturated rings. The first-order valence-corrected chi connectivity index (χ1v) is 6.63. The lowest BCUT2D eigenvalue weighted by atomic mass is 10.3. The van der Waals surface area contributed by atoms with Gasteiger partial charge >= 0.3 is 0 Å². The lowest BCUT2D eigenvalue weighted by Gasteiger charge is -2.18. The molecular weight excluding hydrogens is 186 g/mol. The molecule has 1 nitrogen and oxygen atoms in total. The molecule has 0 aromatic rings. The van der Waals surface area contributed by atoms with E-state index < -0.39 is 0 Å². The quantitative estimate of drug-likeness (QED) is 0.553. The van der Waals surface area contributed by atoms with E-state index in [1.165, 1.54) is 50.4 Å². The summed E-state index contributed by atoms with van der Waals surface area (Å²) >= 11 is 6.32. The van der Waals surface area contributed by atoms with Gasteiger partial charge in [-0.25, -0.2) is 0 Å². The molecule has 0 saturated carbocycles. The predicted molar refractivity (Wildman–Crippen MR) is 61.5 cm³/mol. The minimum Gasteiger partial charge on any atom is -0.302 e.